The Labute approximate surface area is 183 Å². The number of allylic oxidation sites excluding steroid dienone is 2. The van der Waals surface area contributed by atoms with Gasteiger partial charge in [0.1, 0.15) is 0 Å². The Kier molecular flexibility index (Phi) is 10.1. The van der Waals surface area contributed by atoms with Crippen LogP contribution in [0.4, 0.5) is 0 Å². The summed E-state index contributed by atoms with van der Waals surface area (Å²) in [6.45, 7) is 9.49. The normalized spacial score (nSPS) is 16.6. The fraction of sp³-hybridized carbons (Fsp3) is 0.481. The molecule has 1 heterocycles. The summed E-state index contributed by atoms with van der Waals surface area (Å²) in [5.41, 5.74) is 13.2. The summed E-state index contributed by atoms with van der Waals surface area (Å²) in [6, 6.07) is 7.49. The summed E-state index contributed by atoms with van der Waals surface area (Å²) < 4.78 is 0. The van der Waals surface area contributed by atoms with Crippen molar-refractivity contribution in [2.45, 2.75) is 65.8 Å². The first-order valence-corrected chi connectivity index (χ1v) is 11.7. The lowest BCUT2D eigenvalue weighted by atomic mass is 10.00. The minimum absolute atomic E-state index is 0.512. The first kappa shape index (κ1) is 24.2. The van der Waals surface area contributed by atoms with Crippen LogP contribution in [-0.4, -0.2) is 18.6 Å². The fourth-order valence-corrected chi connectivity index (χ4v) is 4.21. The van der Waals surface area contributed by atoms with E-state index in [0.717, 1.165) is 19.4 Å². The fourth-order valence-electron chi connectivity index (χ4n) is 4.21. The SMILES string of the molecule is CC.CC(C)/C=C/c1ccc2c(c1)CCC2NCCc1c[nH]c2c1C=CCC2.CN. The summed E-state index contributed by atoms with van der Waals surface area (Å²) >= 11 is 0. The summed E-state index contributed by atoms with van der Waals surface area (Å²) in [6.07, 6.45) is 17.2. The van der Waals surface area contributed by atoms with Crippen molar-refractivity contribution < 1.29 is 0 Å². The van der Waals surface area contributed by atoms with E-state index in [2.05, 4.69) is 78.6 Å². The Balaban J connectivity index is 0.000000757. The molecule has 2 aromatic rings. The van der Waals surface area contributed by atoms with E-state index in [0.29, 0.717) is 12.0 Å². The van der Waals surface area contributed by atoms with Crippen molar-refractivity contribution >= 4 is 12.2 Å². The highest BCUT2D eigenvalue weighted by molar-refractivity contribution is 5.59. The van der Waals surface area contributed by atoms with Gasteiger partial charge in [-0.25, -0.2) is 0 Å². The van der Waals surface area contributed by atoms with Gasteiger partial charge in [0.2, 0.25) is 0 Å². The van der Waals surface area contributed by atoms with Crippen LogP contribution in [0.15, 0.2) is 36.5 Å². The molecule has 2 aliphatic carbocycles. The number of aromatic nitrogens is 1. The smallest absolute Gasteiger partial charge is 0.0326 e. The zero-order chi connectivity index (χ0) is 21.9. The van der Waals surface area contributed by atoms with Gasteiger partial charge in [-0.3, -0.25) is 0 Å². The minimum Gasteiger partial charge on any atom is -0.364 e. The summed E-state index contributed by atoms with van der Waals surface area (Å²) in [7, 11) is 1.50. The van der Waals surface area contributed by atoms with Crippen molar-refractivity contribution in [3.8, 4) is 0 Å². The Bertz CT molecular complexity index is 827. The molecular weight excluding hydrogens is 366 g/mol. The van der Waals surface area contributed by atoms with E-state index in [9.17, 15) is 0 Å². The largest absolute Gasteiger partial charge is 0.364 e. The molecule has 1 aromatic carbocycles. The van der Waals surface area contributed by atoms with Crippen molar-refractivity contribution in [2.24, 2.45) is 11.7 Å². The van der Waals surface area contributed by atoms with Gasteiger partial charge in [-0.05, 0) is 79.4 Å². The van der Waals surface area contributed by atoms with E-state index in [1.807, 2.05) is 13.8 Å². The molecule has 0 saturated heterocycles. The first-order chi connectivity index (χ1) is 14.7. The molecule has 3 nitrogen and oxygen atoms in total. The molecule has 1 unspecified atom stereocenters. The van der Waals surface area contributed by atoms with Crippen molar-refractivity contribution in [1.29, 1.82) is 0 Å². The second kappa shape index (κ2) is 12.6. The second-order valence-electron chi connectivity index (χ2n) is 8.00. The highest BCUT2D eigenvalue weighted by Crippen LogP contribution is 2.32. The molecular formula is C27H41N3. The summed E-state index contributed by atoms with van der Waals surface area (Å²) in [5, 5.41) is 3.80. The Morgan fingerprint density at radius 3 is 2.77 bits per heavy atom. The van der Waals surface area contributed by atoms with Crippen molar-refractivity contribution in [3.05, 3.63) is 70.1 Å². The molecule has 0 spiro atoms. The molecule has 30 heavy (non-hydrogen) atoms. The number of rotatable bonds is 6. The van der Waals surface area contributed by atoms with E-state index >= 15 is 0 Å². The van der Waals surface area contributed by atoms with Crippen molar-refractivity contribution in [2.75, 3.05) is 13.6 Å². The summed E-state index contributed by atoms with van der Waals surface area (Å²) in [5.74, 6) is 0.603. The third kappa shape index (κ3) is 6.20. The van der Waals surface area contributed by atoms with Crippen molar-refractivity contribution in [3.63, 3.8) is 0 Å². The molecule has 4 rings (SSSR count). The maximum atomic E-state index is 4.50. The first-order valence-electron chi connectivity index (χ1n) is 11.7. The molecule has 164 valence electrons. The van der Waals surface area contributed by atoms with Gasteiger partial charge >= 0.3 is 0 Å². The molecule has 0 radical (unpaired) electrons. The maximum Gasteiger partial charge on any atom is 0.0326 e. The number of hydrogen-bond donors (Lipinski definition) is 3. The van der Waals surface area contributed by atoms with Gasteiger partial charge < -0.3 is 16.0 Å². The molecule has 0 aliphatic heterocycles. The van der Waals surface area contributed by atoms with E-state index in [1.54, 1.807) is 0 Å². The lowest BCUT2D eigenvalue weighted by Crippen LogP contribution is -2.22. The van der Waals surface area contributed by atoms with Crippen LogP contribution in [0, 0.1) is 5.92 Å². The highest BCUT2D eigenvalue weighted by Gasteiger charge is 2.22. The highest BCUT2D eigenvalue weighted by atomic mass is 14.9. The monoisotopic (exact) mass is 407 g/mol. The number of nitrogens with two attached hydrogens (primary N) is 1. The number of aryl methyl sites for hydroxylation is 2. The molecule has 2 aliphatic rings. The van der Waals surface area contributed by atoms with Gasteiger partial charge in [0, 0.05) is 17.9 Å². The minimum atomic E-state index is 0.512. The van der Waals surface area contributed by atoms with Gasteiger partial charge in [-0.15, -0.1) is 0 Å². The zero-order valence-electron chi connectivity index (χ0n) is 19.6. The molecule has 4 N–H and O–H groups in total. The molecule has 1 atom stereocenters. The van der Waals surface area contributed by atoms with E-state index in [-0.39, 0.29) is 0 Å². The lowest BCUT2D eigenvalue weighted by Gasteiger charge is -2.14. The predicted octanol–water partition coefficient (Wildman–Crippen LogP) is 6.06. The third-order valence-electron chi connectivity index (χ3n) is 5.64. The number of benzene rings is 1. The lowest BCUT2D eigenvalue weighted by molar-refractivity contribution is 0.533. The third-order valence-corrected chi connectivity index (χ3v) is 5.64. The van der Waals surface area contributed by atoms with Crippen LogP contribution >= 0.6 is 0 Å². The number of nitrogens with one attached hydrogen (secondary N) is 2. The van der Waals surface area contributed by atoms with Crippen LogP contribution in [-0.2, 0) is 19.3 Å². The standard InChI is InChI=1S/C24H30N2.C2H6.CH5N/c1-17(2)7-8-18-9-11-22-19(15-18)10-12-24(22)25-14-13-20-16-26-23-6-4-3-5-21(20)23;2*1-2/h3,5,7-9,11,15-17,24-26H,4,6,10,12-14H2,1-2H3;1-2H3;2H2,1H3/b8-7+;;. The maximum absolute atomic E-state index is 4.50. The average molecular weight is 408 g/mol. The van der Waals surface area contributed by atoms with Crippen LogP contribution in [0.2, 0.25) is 0 Å². The number of aromatic amines is 1. The molecule has 0 fully saturated rings. The van der Waals surface area contributed by atoms with Gasteiger partial charge in [0.15, 0.2) is 0 Å². The van der Waals surface area contributed by atoms with Crippen LogP contribution in [0.1, 0.15) is 80.1 Å². The molecule has 0 bridgehead atoms. The van der Waals surface area contributed by atoms with Crippen LogP contribution < -0.4 is 11.1 Å². The summed E-state index contributed by atoms with van der Waals surface area (Å²) in [4.78, 5) is 3.46. The molecule has 3 heteroatoms. The van der Waals surface area contributed by atoms with Gasteiger partial charge in [-0.1, -0.05) is 70.2 Å². The van der Waals surface area contributed by atoms with E-state index in [4.69, 9.17) is 0 Å². The van der Waals surface area contributed by atoms with Crippen molar-refractivity contribution in [1.82, 2.24) is 10.3 Å². The molecule has 1 aromatic heterocycles. The molecule has 0 amide bonds. The predicted molar refractivity (Wildman–Crippen MR) is 133 cm³/mol. The van der Waals surface area contributed by atoms with Crippen LogP contribution in [0.25, 0.3) is 12.2 Å². The van der Waals surface area contributed by atoms with Crippen LogP contribution in [0.3, 0.4) is 0 Å². The quantitative estimate of drug-likeness (QED) is 0.545. The van der Waals surface area contributed by atoms with Gasteiger partial charge in [0.05, 0.1) is 0 Å². The Morgan fingerprint density at radius 1 is 1.20 bits per heavy atom. The van der Waals surface area contributed by atoms with E-state index < -0.39 is 0 Å². The Morgan fingerprint density at radius 2 is 2.00 bits per heavy atom. The molecule has 0 saturated carbocycles. The number of H-pyrrole nitrogens is 1. The van der Waals surface area contributed by atoms with E-state index in [1.165, 1.54) is 59.8 Å². The van der Waals surface area contributed by atoms with Gasteiger partial charge in [0.25, 0.3) is 0 Å². The average Bonchev–Trinajstić information content (AvgIpc) is 3.39. The topological polar surface area (TPSA) is 53.8 Å². The number of fused-ring (bicyclic) bond motifs is 2. The Hall–Kier alpha value is -2.10. The number of hydrogen-bond acceptors (Lipinski definition) is 2. The van der Waals surface area contributed by atoms with Crippen LogP contribution in [0.5, 0.6) is 0 Å². The van der Waals surface area contributed by atoms with Gasteiger partial charge in [-0.2, -0.15) is 0 Å². The second-order valence-corrected chi connectivity index (χ2v) is 8.00. The zero-order valence-corrected chi connectivity index (χ0v) is 19.6.